The molecule has 0 fully saturated rings. The summed E-state index contributed by atoms with van der Waals surface area (Å²) in [6.07, 6.45) is 0. The minimum absolute atomic E-state index is 0.182. The van der Waals surface area contributed by atoms with E-state index in [0.29, 0.717) is 40.8 Å². The van der Waals surface area contributed by atoms with Gasteiger partial charge in [0, 0.05) is 5.69 Å². The summed E-state index contributed by atoms with van der Waals surface area (Å²) in [6.45, 7) is 2.26. The molecule has 1 N–H and O–H groups in total. The zero-order chi connectivity index (χ0) is 23.4. The van der Waals surface area contributed by atoms with Crippen molar-refractivity contribution < 1.29 is 23.8 Å². The molecule has 7 nitrogen and oxygen atoms in total. The van der Waals surface area contributed by atoms with Gasteiger partial charge >= 0.3 is 0 Å². The number of hydrogen-bond acceptors (Lipinski definition) is 6. The minimum Gasteiger partial charge on any atom is -0.497 e. The molecule has 2 amide bonds. The van der Waals surface area contributed by atoms with Crippen molar-refractivity contribution >= 4 is 28.8 Å². The molecule has 0 atom stereocenters. The Labute approximate surface area is 192 Å². The Morgan fingerprint density at radius 2 is 1.39 bits per heavy atom. The molecule has 7 heteroatoms. The zero-order valence-corrected chi connectivity index (χ0v) is 18.6. The fourth-order valence-corrected chi connectivity index (χ4v) is 3.63. The number of nitrogens with one attached hydrogen (secondary N) is 1. The predicted octanol–water partition coefficient (Wildman–Crippen LogP) is 4.50. The number of hydrogen-bond donors (Lipinski definition) is 1. The second-order valence-electron chi connectivity index (χ2n) is 7.18. The number of carbonyl (C=O) groups is 2. The Morgan fingerprint density at radius 3 is 2.00 bits per heavy atom. The van der Waals surface area contributed by atoms with Crippen LogP contribution in [0.1, 0.15) is 12.5 Å². The molecule has 0 saturated carbocycles. The lowest BCUT2D eigenvalue weighted by Crippen LogP contribution is -2.32. The van der Waals surface area contributed by atoms with E-state index in [9.17, 15) is 9.59 Å². The summed E-state index contributed by atoms with van der Waals surface area (Å²) in [7, 11) is 3.15. The number of methoxy groups -OCH3 is 2. The third-order valence-electron chi connectivity index (χ3n) is 5.23. The Kier molecular flexibility index (Phi) is 6.31. The maximum Gasteiger partial charge on any atom is 0.282 e. The molecular weight excluding hydrogens is 420 g/mol. The van der Waals surface area contributed by atoms with E-state index in [4.69, 9.17) is 14.2 Å². The van der Waals surface area contributed by atoms with Crippen LogP contribution in [0.5, 0.6) is 17.2 Å². The van der Waals surface area contributed by atoms with E-state index in [1.54, 1.807) is 87.0 Å². The van der Waals surface area contributed by atoms with Crippen LogP contribution in [-0.2, 0) is 9.59 Å². The molecule has 168 valence electrons. The molecule has 4 rings (SSSR count). The number of rotatable bonds is 8. The van der Waals surface area contributed by atoms with Gasteiger partial charge in [0.1, 0.15) is 22.9 Å². The number of ether oxygens (including phenoxy) is 3. The van der Waals surface area contributed by atoms with E-state index in [1.165, 1.54) is 0 Å². The second-order valence-corrected chi connectivity index (χ2v) is 7.18. The Morgan fingerprint density at radius 1 is 0.788 bits per heavy atom. The normalized spacial score (nSPS) is 13.4. The van der Waals surface area contributed by atoms with Crippen molar-refractivity contribution in [2.75, 3.05) is 31.0 Å². The molecule has 3 aromatic rings. The Hall–Kier alpha value is -4.26. The molecule has 1 aliphatic rings. The molecule has 0 spiro atoms. The average Bonchev–Trinajstić information content (AvgIpc) is 3.09. The Balaban J connectivity index is 1.80. The smallest absolute Gasteiger partial charge is 0.282 e. The molecule has 0 aromatic heterocycles. The number of carbonyl (C=O) groups excluding carboxylic acids is 2. The van der Waals surface area contributed by atoms with E-state index in [0.717, 1.165) is 4.90 Å². The van der Waals surface area contributed by atoms with Crippen molar-refractivity contribution in [3.05, 3.63) is 84.1 Å². The first kappa shape index (κ1) is 22.0. The number of nitrogens with zero attached hydrogens (tertiary/aromatic N) is 1. The standard InChI is InChI=1S/C26H24N2O5/c1-4-33-22-8-6-5-7-21(22)28-25(29)23(17-9-13-19(31-2)14-10-17)24(26(28)30)27-18-11-15-20(32-3)16-12-18/h5-16,27H,4H2,1-3H3. The number of anilines is 2. The van der Waals surface area contributed by atoms with Crippen LogP contribution in [0.4, 0.5) is 11.4 Å². The van der Waals surface area contributed by atoms with E-state index >= 15 is 0 Å². The van der Waals surface area contributed by atoms with Crippen LogP contribution in [0.3, 0.4) is 0 Å². The lowest BCUT2D eigenvalue weighted by atomic mass is 10.0. The summed E-state index contributed by atoms with van der Waals surface area (Å²) < 4.78 is 16.1. The van der Waals surface area contributed by atoms with Gasteiger partial charge in [-0.15, -0.1) is 0 Å². The maximum atomic E-state index is 13.6. The van der Waals surface area contributed by atoms with Crippen molar-refractivity contribution in [1.29, 1.82) is 0 Å². The Bertz CT molecular complexity index is 1200. The summed E-state index contributed by atoms with van der Waals surface area (Å²) in [6, 6.07) is 21.1. The first-order valence-corrected chi connectivity index (χ1v) is 10.5. The molecule has 0 radical (unpaired) electrons. The van der Waals surface area contributed by atoms with Crippen LogP contribution in [0.2, 0.25) is 0 Å². The van der Waals surface area contributed by atoms with Gasteiger partial charge in [-0.05, 0) is 61.0 Å². The van der Waals surface area contributed by atoms with Crippen LogP contribution in [0.25, 0.3) is 5.57 Å². The average molecular weight is 444 g/mol. The zero-order valence-electron chi connectivity index (χ0n) is 18.6. The van der Waals surface area contributed by atoms with E-state index in [2.05, 4.69) is 5.32 Å². The summed E-state index contributed by atoms with van der Waals surface area (Å²) in [5.41, 5.74) is 2.10. The maximum absolute atomic E-state index is 13.6. The van der Waals surface area contributed by atoms with Gasteiger partial charge in [-0.3, -0.25) is 9.59 Å². The van der Waals surface area contributed by atoms with Gasteiger partial charge in [0.25, 0.3) is 11.8 Å². The highest BCUT2D eigenvalue weighted by Crippen LogP contribution is 2.38. The van der Waals surface area contributed by atoms with Gasteiger partial charge in [-0.25, -0.2) is 4.90 Å². The van der Waals surface area contributed by atoms with Crippen LogP contribution in [0, 0.1) is 0 Å². The molecule has 33 heavy (non-hydrogen) atoms. The van der Waals surface area contributed by atoms with Gasteiger partial charge < -0.3 is 19.5 Å². The van der Waals surface area contributed by atoms with Crippen molar-refractivity contribution in [2.45, 2.75) is 6.92 Å². The quantitative estimate of drug-likeness (QED) is 0.516. The summed E-state index contributed by atoms with van der Waals surface area (Å²) in [5.74, 6) is 0.897. The van der Waals surface area contributed by atoms with Gasteiger partial charge in [0.2, 0.25) is 0 Å². The largest absolute Gasteiger partial charge is 0.497 e. The minimum atomic E-state index is -0.464. The number of amides is 2. The van der Waals surface area contributed by atoms with Crippen molar-refractivity contribution in [2.24, 2.45) is 0 Å². The van der Waals surface area contributed by atoms with E-state index in [-0.39, 0.29) is 11.3 Å². The van der Waals surface area contributed by atoms with Gasteiger partial charge in [0.15, 0.2) is 0 Å². The lowest BCUT2D eigenvalue weighted by Gasteiger charge is -2.19. The number of imide groups is 1. The van der Waals surface area contributed by atoms with Crippen LogP contribution < -0.4 is 24.4 Å². The van der Waals surface area contributed by atoms with Crippen molar-refractivity contribution in [3.8, 4) is 17.2 Å². The van der Waals surface area contributed by atoms with Gasteiger partial charge in [-0.2, -0.15) is 0 Å². The number of benzene rings is 3. The third-order valence-corrected chi connectivity index (χ3v) is 5.23. The van der Waals surface area contributed by atoms with Gasteiger partial charge in [0.05, 0.1) is 32.1 Å². The van der Waals surface area contributed by atoms with E-state index in [1.807, 2.05) is 6.92 Å². The molecule has 3 aromatic carbocycles. The van der Waals surface area contributed by atoms with Crippen molar-refractivity contribution in [1.82, 2.24) is 0 Å². The molecule has 1 heterocycles. The van der Waals surface area contributed by atoms with Gasteiger partial charge in [-0.1, -0.05) is 24.3 Å². The highest BCUT2D eigenvalue weighted by Gasteiger charge is 2.41. The SMILES string of the molecule is CCOc1ccccc1N1C(=O)C(Nc2ccc(OC)cc2)=C(c2ccc(OC)cc2)C1=O. The molecule has 0 saturated heterocycles. The van der Waals surface area contributed by atoms with Crippen LogP contribution in [0.15, 0.2) is 78.5 Å². The summed E-state index contributed by atoms with van der Waals surface area (Å²) in [5, 5.41) is 3.14. The predicted molar refractivity (Wildman–Crippen MR) is 127 cm³/mol. The highest BCUT2D eigenvalue weighted by molar-refractivity contribution is 6.46. The first-order valence-electron chi connectivity index (χ1n) is 10.5. The summed E-state index contributed by atoms with van der Waals surface area (Å²) >= 11 is 0. The number of para-hydroxylation sites is 2. The second kappa shape index (κ2) is 9.48. The molecular formula is C26H24N2O5. The van der Waals surface area contributed by atoms with E-state index < -0.39 is 11.8 Å². The molecule has 1 aliphatic heterocycles. The topological polar surface area (TPSA) is 77.1 Å². The lowest BCUT2D eigenvalue weighted by molar-refractivity contribution is -0.120. The summed E-state index contributed by atoms with van der Waals surface area (Å²) in [4.78, 5) is 28.4. The first-order chi connectivity index (χ1) is 16.1. The third kappa shape index (κ3) is 4.25. The molecule has 0 bridgehead atoms. The van der Waals surface area contributed by atoms with Crippen LogP contribution >= 0.6 is 0 Å². The molecule has 0 aliphatic carbocycles. The monoisotopic (exact) mass is 444 g/mol. The fraction of sp³-hybridized carbons (Fsp3) is 0.154. The highest BCUT2D eigenvalue weighted by atomic mass is 16.5. The van der Waals surface area contributed by atoms with Crippen LogP contribution in [-0.4, -0.2) is 32.6 Å². The molecule has 0 unspecified atom stereocenters. The fourth-order valence-electron chi connectivity index (χ4n) is 3.63. The van der Waals surface area contributed by atoms with Crippen molar-refractivity contribution in [3.63, 3.8) is 0 Å².